The van der Waals surface area contributed by atoms with Crippen LogP contribution in [0.2, 0.25) is 0 Å². The SMILES string of the molecule is CCCCCC(CC)C(CC)(CC)C(=O)NCCCN. The molecule has 0 spiro atoms. The lowest BCUT2D eigenvalue weighted by Crippen LogP contribution is -2.45. The minimum atomic E-state index is -0.183. The molecule has 3 N–H and O–H groups in total. The van der Waals surface area contributed by atoms with Crippen molar-refractivity contribution >= 4 is 5.91 Å². The summed E-state index contributed by atoms with van der Waals surface area (Å²) in [5.74, 6) is 0.751. The van der Waals surface area contributed by atoms with Crippen LogP contribution in [-0.2, 0) is 4.79 Å². The lowest BCUT2D eigenvalue weighted by atomic mass is 9.67. The van der Waals surface area contributed by atoms with Gasteiger partial charge in [-0.2, -0.15) is 0 Å². The van der Waals surface area contributed by atoms with Gasteiger partial charge in [0.05, 0.1) is 5.41 Å². The zero-order valence-electron chi connectivity index (χ0n) is 14.1. The van der Waals surface area contributed by atoms with Crippen molar-refractivity contribution in [1.82, 2.24) is 5.32 Å². The Morgan fingerprint density at radius 1 is 1.10 bits per heavy atom. The highest BCUT2D eigenvalue weighted by Gasteiger charge is 2.40. The second-order valence-electron chi connectivity index (χ2n) is 5.86. The molecule has 120 valence electrons. The number of nitrogens with two attached hydrogens (primary N) is 1. The Kier molecular flexibility index (Phi) is 10.8. The lowest BCUT2D eigenvalue weighted by Gasteiger charge is -2.38. The van der Waals surface area contributed by atoms with Crippen molar-refractivity contribution in [1.29, 1.82) is 0 Å². The molecule has 0 heterocycles. The van der Waals surface area contributed by atoms with E-state index in [1.54, 1.807) is 0 Å². The maximum Gasteiger partial charge on any atom is 0.226 e. The summed E-state index contributed by atoms with van der Waals surface area (Å²) in [6, 6.07) is 0. The molecule has 0 aromatic heterocycles. The van der Waals surface area contributed by atoms with Gasteiger partial charge in [-0.05, 0) is 38.1 Å². The second kappa shape index (κ2) is 11.1. The number of amides is 1. The highest BCUT2D eigenvalue weighted by atomic mass is 16.2. The van der Waals surface area contributed by atoms with Gasteiger partial charge < -0.3 is 11.1 Å². The van der Waals surface area contributed by atoms with E-state index in [1.165, 1.54) is 25.7 Å². The molecule has 0 aliphatic heterocycles. The van der Waals surface area contributed by atoms with Crippen molar-refractivity contribution in [3.05, 3.63) is 0 Å². The summed E-state index contributed by atoms with van der Waals surface area (Å²) in [4.78, 5) is 12.7. The van der Waals surface area contributed by atoms with E-state index in [-0.39, 0.29) is 11.3 Å². The van der Waals surface area contributed by atoms with Gasteiger partial charge in [0.25, 0.3) is 0 Å². The molecule has 0 fully saturated rings. The zero-order valence-corrected chi connectivity index (χ0v) is 14.1. The van der Waals surface area contributed by atoms with Gasteiger partial charge in [0.15, 0.2) is 0 Å². The number of carbonyl (C=O) groups is 1. The van der Waals surface area contributed by atoms with Gasteiger partial charge in [-0.15, -0.1) is 0 Å². The standard InChI is InChI=1S/C17H36N2O/c1-5-9-10-12-15(6-2)17(7-3,8-4)16(20)19-14-11-13-18/h15H,5-14,18H2,1-4H3,(H,19,20). The summed E-state index contributed by atoms with van der Waals surface area (Å²) in [6.45, 7) is 10.1. The fourth-order valence-corrected chi connectivity index (χ4v) is 3.33. The van der Waals surface area contributed by atoms with Crippen molar-refractivity contribution in [2.45, 2.75) is 79.1 Å². The summed E-state index contributed by atoms with van der Waals surface area (Å²) in [5, 5.41) is 3.11. The predicted molar refractivity (Wildman–Crippen MR) is 87.6 cm³/mol. The molecule has 3 heteroatoms. The highest BCUT2D eigenvalue weighted by Crippen LogP contribution is 2.40. The Morgan fingerprint density at radius 3 is 2.20 bits per heavy atom. The van der Waals surface area contributed by atoms with Gasteiger partial charge in [0.1, 0.15) is 0 Å². The molecular weight excluding hydrogens is 248 g/mol. The van der Waals surface area contributed by atoms with Gasteiger partial charge in [0, 0.05) is 6.54 Å². The van der Waals surface area contributed by atoms with Gasteiger partial charge in [-0.3, -0.25) is 4.79 Å². The monoisotopic (exact) mass is 284 g/mol. The third kappa shape index (κ3) is 5.43. The third-order valence-corrected chi connectivity index (χ3v) is 4.81. The lowest BCUT2D eigenvalue weighted by molar-refractivity contribution is -0.135. The molecule has 0 saturated carbocycles. The number of carbonyl (C=O) groups excluding carboxylic acids is 1. The van der Waals surface area contributed by atoms with Gasteiger partial charge in [-0.25, -0.2) is 0 Å². The van der Waals surface area contributed by atoms with Crippen LogP contribution in [0.1, 0.15) is 79.1 Å². The van der Waals surface area contributed by atoms with Crippen molar-refractivity contribution in [3.63, 3.8) is 0 Å². The van der Waals surface area contributed by atoms with Crippen LogP contribution < -0.4 is 11.1 Å². The van der Waals surface area contributed by atoms with Crippen molar-refractivity contribution < 1.29 is 4.79 Å². The number of rotatable bonds is 12. The third-order valence-electron chi connectivity index (χ3n) is 4.81. The summed E-state index contributed by atoms with van der Waals surface area (Å²) in [6.07, 6.45) is 8.76. The van der Waals surface area contributed by atoms with Crippen LogP contribution in [-0.4, -0.2) is 19.0 Å². The fraction of sp³-hybridized carbons (Fsp3) is 0.941. The van der Waals surface area contributed by atoms with Gasteiger partial charge in [0.2, 0.25) is 5.91 Å². The molecule has 0 aliphatic rings. The maximum absolute atomic E-state index is 12.7. The quantitative estimate of drug-likeness (QED) is 0.535. The Balaban J connectivity index is 4.78. The van der Waals surface area contributed by atoms with E-state index in [2.05, 4.69) is 33.0 Å². The molecule has 20 heavy (non-hydrogen) atoms. The van der Waals surface area contributed by atoms with Crippen molar-refractivity contribution in [2.24, 2.45) is 17.1 Å². The van der Waals surface area contributed by atoms with Crippen LogP contribution in [0, 0.1) is 11.3 Å². The van der Waals surface area contributed by atoms with Crippen LogP contribution in [0.3, 0.4) is 0 Å². The van der Waals surface area contributed by atoms with Crippen molar-refractivity contribution in [2.75, 3.05) is 13.1 Å². The van der Waals surface area contributed by atoms with Crippen LogP contribution in [0.4, 0.5) is 0 Å². The number of nitrogens with one attached hydrogen (secondary N) is 1. The van der Waals surface area contributed by atoms with E-state index in [4.69, 9.17) is 5.73 Å². The molecule has 0 saturated heterocycles. The van der Waals surface area contributed by atoms with E-state index in [1.807, 2.05) is 0 Å². The van der Waals surface area contributed by atoms with E-state index < -0.39 is 0 Å². The summed E-state index contributed by atoms with van der Waals surface area (Å²) >= 11 is 0. The molecule has 0 aromatic rings. The average molecular weight is 284 g/mol. The van der Waals surface area contributed by atoms with E-state index >= 15 is 0 Å². The number of hydrogen-bond donors (Lipinski definition) is 2. The zero-order chi connectivity index (χ0) is 15.4. The predicted octanol–water partition coefficient (Wildman–Crippen LogP) is 3.86. The molecule has 0 bridgehead atoms. The van der Waals surface area contributed by atoms with Crippen LogP contribution in [0.5, 0.6) is 0 Å². The van der Waals surface area contributed by atoms with Gasteiger partial charge >= 0.3 is 0 Å². The number of hydrogen-bond acceptors (Lipinski definition) is 2. The Hall–Kier alpha value is -0.570. The summed E-state index contributed by atoms with van der Waals surface area (Å²) < 4.78 is 0. The molecule has 1 unspecified atom stereocenters. The van der Waals surface area contributed by atoms with Crippen LogP contribution >= 0.6 is 0 Å². The van der Waals surface area contributed by atoms with Gasteiger partial charge in [-0.1, -0.05) is 53.4 Å². The first-order valence-electron chi connectivity index (χ1n) is 8.61. The second-order valence-corrected chi connectivity index (χ2v) is 5.86. The normalized spacial score (nSPS) is 13.2. The molecule has 0 aromatic carbocycles. The molecule has 0 radical (unpaired) electrons. The first-order chi connectivity index (χ1) is 9.62. The minimum absolute atomic E-state index is 0.183. The van der Waals surface area contributed by atoms with E-state index in [0.717, 1.165) is 25.7 Å². The van der Waals surface area contributed by atoms with Crippen LogP contribution in [0.25, 0.3) is 0 Å². The van der Waals surface area contributed by atoms with E-state index in [0.29, 0.717) is 19.0 Å². The largest absolute Gasteiger partial charge is 0.356 e. The molecule has 3 nitrogen and oxygen atoms in total. The first-order valence-corrected chi connectivity index (χ1v) is 8.61. The Bertz CT molecular complexity index is 249. The summed E-state index contributed by atoms with van der Waals surface area (Å²) in [5.41, 5.74) is 5.32. The Labute approximate surface area is 126 Å². The molecule has 0 rings (SSSR count). The highest BCUT2D eigenvalue weighted by molar-refractivity contribution is 5.82. The molecular formula is C17H36N2O. The molecule has 1 amide bonds. The molecule has 0 aliphatic carbocycles. The average Bonchev–Trinajstić information content (AvgIpc) is 2.47. The fourth-order valence-electron chi connectivity index (χ4n) is 3.33. The topological polar surface area (TPSA) is 55.1 Å². The first kappa shape index (κ1) is 19.4. The van der Waals surface area contributed by atoms with Crippen LogP contribution in [0.15, 0.2) is 0 Å². The minimum Gasteiger partial charge on any atom is -0.356 e. The molecule has 1 atom stereocenters. The Morgan fingerprint density at radius 2 is 1.75 bits per heavy atom. The summed E-state index contributed by atoms with van der Waals surface area (Å²) in [7, 11) is 0. The van der Waals surface area contributed by atoms with Crippen molar-refractivity contribution in [3.8, 4) is 0 Å². The number of unbranched alkanes of at least 4 members (excludes halogenated alkanes) is 2. The van der Waals surface area contributed by atoms with E-state index in [9.17, 15) is 4.79 Å². The smallest absolute Gasteiger partial charge is 0.226 e. The maximum atomic E-state index is 12.7.